The lowest BCUT2D eigenvalue weighted by Crippen LogP contribution is -2.01. The van der Waals surface area contributed by atoms with Gasteiger partial charge >= 0.3 is 0 Å². The molecule has 0 aliphatic heterocycles. The molecule has 88 valence electrons. The topological polar surface area (TPSA) is 26.0 Å². The lowest BCUT2D eigenvalue weighted by atomic mass is 9.85. The number of nitrogens with two attached hydrogens (primary N) is 1. The van der Waals surface area contributed by atoms with E-state index in [1.807, 2.05) is 0 Å². The lowest BCUT2D eigenvalue weighted by molar-refractivity contribution is 1.10. The molecule has 0 unspecified atom stereocenters. The summed E-state index contributed by atoms with van der Waals surface area (Å²) in [4.78, 5) is 0. The molecule has 2 N–H and O–H groups in total. The van der Waals surface area contributed by atoms with Crippen LogP contribution in [-0.4, -0.2) is 7.85 Å². The van der Waals surface area contributed by atoms with Gasteiger partial charge in [0, 0.05) is 6.54 Å². The molecule has 0 aromatic heterocycles. The standard InChI is InChI=1S/C16H16BN/c17-9-15-11-5-1-3-7-13(11)16(10-18)14-8-4-2-6-12(14)15/h1-8H,9-10,17-18H2. The number of hydrogen-bond acceptors (Lipinski definition) is 1. The molecule has 0 radical (unpaired) electrons. The van der Waals surface area contributed by atoms with Gasteiger partial charge in [0.05, 0.1) is 0 Å². The van der Waals surface area contributed by atoms with Gasteiger partial charge in [0.25, 0.3) is 0 Å². The summed E-state index contributed by atoms with van der Waals surface area (Å²) in [6.45, 7) is 0.588. The van der Waals surface area contributed by atoms with Crippen molar-refractivity contribution in [2.24, 2.45) is 5.73 Å². The molecular weight excluding hydrogens is 217 g/mol. The van der Waals surface area contributed by atoms with Gasteiger partial charge in [-0.25, -0.2) is 0 Å². The molecular formula is C16H16BN. The van der Waals surface area contributed by atoms with E-state index < -0.39 is 0 Å². The lowest BCUT2D eigenvalue weighted by Gasteiger charge is -2.14. The van der Waals surface area contributed by atoms with E-state index in [9.17, 15) is 0 Å². The van der Waals surface area contributed by atoms with Crippen LogP contribution in [0.4, 0.5) is 0 Å². The number of fused-ring (bicyclic) bond motifs is 2. The predicted molar refractivity (Wildman–Crippen MR) is 81.6 cm³/mol. The maximum absolute atomic E-state index is 5.97. The summed E-state index contributed by atoms with van der Waals surface area (Å²) in [6.07, 6.45) is 1.05. The Kier molecular flexibility index (Phi) is 2.81. The van der Waals surface area contributed by atoms with Gasteiger partial charge in [0.2, 0.25) is 0 Å². The zero-order valence-corrected chi connectivity index (χ0v) is 10.6. The van der Waals surface area contributed by atoms with Gasteiger partial charge < -0.3 is 5.73 Å². The van der Waals surface area contributed by atoms with E-state index in [0.717, 1.165) is 6.32 Å². The normalized spacial score (nSPS) is 11.2. The Balaban J connectivity index is 2.61. The van der Waals surface area contributed by atoms with Gasteiger partial charge in [-0.3, -0.25) is 0 Å². The Labute approximate surface area is 108 Å². The minimum absolute atomic E-state index is 0.588. The van der Waals surface area contributed by atoms with E-state index in [4.69, 9.17) is 5.73 Å². The van der Waals surface area contributed by atoms with Crippen LogP contribution in [0.15, 0.2) is 48.5 Å². The van der Waals surface area contributed by atoms with Gasteiger partial charge in [0.15, 0.2) is 0 Å². The molecule has 3 aromatic rings. The van der Waals surface area contributed by atoms with E-state index in [2.05, 4.69) is 56.4 Å². The minimum atomic E-state index is 0.588. The molecule has 0 heterocycles. The summed E-state index contributed by atoms with van der Waals surface area (Å²) >= 11 is 0. The van der Waals surface area contributed by atoms with Crippen LogP contribution >= 0.6 is 0 Å². The van der Waals surface area contributed by atoms with Crippen molar-refractivity contribution in [3.8, 4) is 0 Å². The van der Waals surface area contributed by atoms with Crippen molar-refractivity contribution in [1.29, 1.82) is 0 Å². The van der Waals surface area contributed by atoms with Crippen LogP contribution in [0.25, 0.3) is 21.5 Å². The Bertz CT molecular complexity index is 600. The molecule has 0 atom stereocenters. The zero-order valence-electron chi connectivity index (χ0n) is 10.6. The van der Waals surface area contributed by atoms with Gasteiger partial charge in [-0.15, -0.1) is 0 Å². The minimum Gasteiger partial charge on any atom is -0.326 e. The maximum atomic E-state index is 5.97. The maximum Gasteiger partial charge on any atom is 0.107 e. The molecule has 0 bridgehead atoms. The molecule has 3 aromatic carbocycles. The Morgan fingerprint density at radius 1 is 0.722 bits per heavy atom. The SMILES string of the molecule is BCc1c2ccccc2c(CN)c2ccccc12. The summed E-state index contributed by atoms with van der Waals surface area (Å²) in [5.74, 6) is 0. The first kappa shape index (κ1) is 11.3. The van der Waals surface area contributed by atoms with Crippen molar-refractivity contribution in [1.82, 2.24) is 0 Å². The summed E-state index contributed by atoms with van der Waals surface area (Å²) in [6, 6.07) is 17.2. The van der Waals surface area contributed by atoms with Crippen molar-refractivity contribution in [2.45, 2.75) is 12.9 Å². The highest BCUT2D eigenvalue weighted by molar-refractivity contribution is 6.14. The molecule has 0 aliphatic carbocycles. The van der Waals surface area contributed by atoms with Gasteiger partial charge in [-0.2, -0.15) is 0 Å². The van der Waals surface area contributed by atoms with E-state index in [-0.39, 0.29) is 0 Å². The first-order valence-corrected chi connectivity index (χ1v) is 6.48. The van der Waals surface area contributed by atoms with Crippen LogP contribution in [0.3, 0.4) is 0 Å². The second-order valence-corrected chi connectivity index (χ2v) is 4.61. The summed E-state index contributed by atoms with van der Waals surface area (Å²) < 4.78 is 0. The average Bonchev–Trinajstić information content (AvgIpc) is 2.44. The van der Waals surface area contributed by atoms with Crippen LogP contribution in [0.5, 0.6) is 0 Å². The third kappa shape index (κ3) is 1.53. The van der Waals surface area contributed by atoms with Crippen molar-refractivity contribution >= 4 is 29.4 Å². The smallest absolute Gasteiger partial charge is 0.107 e. The Hall–Kier alpha value is -1.80. The second-order valence-electron chi connectivity index (χ2n) is 4.61. The van der Waals surface area contributed by atoms with Crippen molar-refractivity contribution < 1.29 is 0 Å². The highest BCUT2D eigenvalue weighted by atomic mass is 14.5. The molecule has 18 heavy (non-hydrogen) atoms. The molecule has 3 rings (SSSR count). The van der Waals surface area contributed by atoms with Crippen LogP contribution in [0.1, 0.15) is 11.1 Å². The molecule has 0 amide bonds. The second kappa shape index (κ2) is 4.47. The van der Waals surface area contributed by atoms with E-state index in [1.165, 1.54) is 32.7 Å². The van der Waals surface area contributed by atoms with Crippen molar-refractivity contribution in [3.05, 3.63) is 59.7 Å². The first-order chi connectivity index (χ1) is 8.86. The quantitative estimate of drug-likeness (QED) is 0.534. The van der Waals surface area contributed by atoms with Crippen LogP contribution < -0.4 is 5.73 Å². The average molecular weight is 233 g/mol. The fraction of sp³-hybridized carbons (Fsp3) is 0.125. The highest BCUT2D eigenvalue weighted by Crippen LogP contribution is 2.32. The van der Waals surface area contributed by atoms with E-state index in [1.54, 1.807) is 0 Å². The van der Waals surface area contributed by atoms with Crippen LogP contribution in [0, 0.1) is 0 Å². The fourth-order valence-corrected chi connectivity index (χ4v) is 2.91. The Morgan fingerprint density at radius 3 is 1.44 bits per heavy atom. The predicted octanol–water partition coefficient (Wildman–Crippen LogP) is 2.58. The molecule has 0 fully saturated rings. The first-order valence-electron chi connectivity index (χ1n) is 6.48. The number of benzene rings is 3. The fourth-order valence-electron chi connectivity index (χ4n) is 2.91. The number of rotatable bonds is 2. The molecule has 0 aliphatic rings. The largest absolute Gasteiger partial charge is 0.326 e. The third-order valence-electron chi connectivity index (χ3n) is 3.71. The third-order valence-corrected chi connectivity index (χ3v) is 3.71. The molecule has 0 saturated heterocycles. The highest BCUT2D eigenvalue weighted by Gasteiger charge is 2.10. The van der Waals surface area contributed by atoms with E-state index >= 15 is 0 Å². The van der Waals surface area contributed by atoms with Gasteiger partial charge in [-0.1, -0.05) is 54.9 Å². The molecule has 0 saturated carbocycles. The molecule has 0 spiro atoms. The molecule has 1 nitrogen and oxygen atoms in total. The summed E-state index contributed by atoms with van der Waals surface area (Å²) in [5.41, 5.74) is 8.67. The van der Waals surface area contributed by atoms with Crippen molar-refractivity contribution in [2.75, 3.05) is 0 Å². The van der Waals surface area contributed by atoms with Crippen molar-refractivity contribution in [3.63, 3.8) is 0 Å². The summed E-state index contributed by atoms with van der Waals surface area (Å²) in [5, 5.41) is 5.30. The number of hydrogen-bond donors (Lipinski definition) is 1. The van der Waals surface area contributed by atoms with E-state index in [0.29, 0.717) is 6.54 Å². The zero-order chi connectivity index (χ0) is 12.5. The molecule has 2 heteroatoms. The van der Waals surface area contributed by atoms with Gasteiger partial charge in [0.1, 0.15) is 7.85 Å². The Morgan fingerprint density at radius 2 is 1.11 bits per heavy atom. The van der Waals surface area contributed by atoms with Gasteiger partial charge in [-0.05, 0) is 32.7 Å². The monoisotopic (exact) mass is 233 g/mol. The summed E-state index contributed by atoms with van der Waals surface area (Å²) in [7, 11) is 2.22. The van der Waals surface area contributed by atoms with Crippen LogP contribution in [0.2, 0.25) is 0 Å². The van der Waals surface area contributed by atoms with Crippen LogP contribution in [-0.2, 0) is 12.9 Å².